The molecule has 0 amide bonds. The first-order valence-electron chi connectivity index (χ1n) is 6.10. The number of ether oxygens (including phenoxy) is 1. The molecular weight excluding hydrogens is 257 g/mol. The summed E-state index contributed by atoms with van der Waals surface area (Å²) in [5.74, 6) is 1.42. The number of hydrogen-bond donors (Lipinski definition) is 2. The van der Waals surface area contributed by atoms with Crippen molar-refractivity contribution in [2.75, 3.05) is 0 Å². The van der Waals surface area contributed by atoms with E-state index < -0.39 is 0 Å². The number of halogens is 1. The van der Waals surface area contributed by atoms with Crippen LogP contribution in [0.3, 0.4) is 0 Å². The van der Waals surface area contributed by atoms with Crippen molar-refractivity contribution in [1.29, 1.82) is 5.41 Å². The number of H-pyrrole nitrogens is 1. The van der Waals surface area contributed by atoms with Crippen LogP contribution >= 0.6 is 0 Å². The van der Waals surface area contributed by atoms with Crippen molar-refractivity contribution >= 4 is 16.7 Å². The highest BCUT2D eigenvalue weighted by Crippen LogP contribution is 2.24. The fraction of sp³-hybridized carbons (Fsp3) is 0.0667. The van der Waals surface area contributed by atoms with Gasteiger partial charge in [0.25, 0.3) is 0 Å². The van der Waals surface area contributed by atoms with E-state index in [0.29, 0.717) is 23.0 Å². The smallest absolute Gasteiger partial charge is 0.151 e. The Kier molecular flexibility index (Phi) is 2.95. The molecule has 3 aromatic rings. The van der Waals surface area contributed by atoms with Gasteiger partial charge in [0.05, 0.1) is 16.7 Å². The first-order chi connectivity index (χ1) is 9.61. The van der Waals surface area contributed by atoms with Gasteiger partial charge in [-0.2, -0.15) is 0 Å². The SMILES string of the molecule is CC(=N)c1nc2cc(Oc3ccc(F)cc3)ccc2[nH]1. The molecule has 0 radical (unpaired) electrons. The molecule has 0 atom stereocenters. The first-order valence-corrected chi connectivity index (χ1v) is 6.10. The van der Waals surface area contributed by atoms with Gasteiger partial charge in [-0.15, -0.1) is 0 Å². The van der Waals surface area contributed by atoms with E-state index in [4.69, 9.17) is 10.1 Å². The molecule has 0 unspecified atom stereocenters. The first kappa shape index (κ1) is 12.3. The Labute approximate surface area is 114 Å². The molecule has 0 aliphatic rings. The van der Waals surface area contributed by atoms with Gasteiger partial charge in [0.1, 0.15) is 17.3 Å². The lowest BCUT2D eigenvalue weighted by Gasteiger charge is -2.04. The number of nitrogens with zero attached hydrogens (tertiary/aromatic N) is 1. The van der Waals surface area contributed by atoms with Crippen LogP contribution < -0.4 is 4.74 Å². The monoisotopic (exact) mass is 269 g/mol. The van der Waals surface area contributed by atoms with Crippen LogP contribution in [0, 0.1) is 11.2 Å². The van der Waals surface area contributed by atoms with Crippen LogP contribution in [-0.4, -0.2) is 15.7 Å². The highest BCUT2D eigenvalue weighted by Gasteiger charge is 2.06. The van der Waals surface area contributed by atoms with E-state index >= 15 is 0 Å². The lowest BCUT2D eigenvalue weighted by atomic mass is 10.3. The normalized spacial score (nSPS) is 10.7. The summed E-state index contributed by atoms with van der Waals surface area (Å²) in [6, 6.07) is 11.2. The molecule has 0 saturated heterocycles. The van der Waals surface area contributed by atoms with E-state index in [1.54, 1.807) is 31.2 Å². The molecule has 100 valence electrons. The molecule has 5 heteroatoms. The van der Waals surface area contributed by atoms with Crippen molar-refractivity contribution in [3.8, 4) is 11.5 Å². The second kappa shape index (κ2) is 4.77. The number of imidazole rings is 1. The van der Waals surface area contributed by atoms with Crippen LogP contribution in [0.1, 0.15) is 12.7 Å². The minimum atomic E-state index is -0.300. The molecule has 1 aromatic heterocycles. The number of hydrogen-bond acceptors (Lipinski definition) is 3. The summed E-state index contributed by atoms with van der Waals surface area (Å²) in [6.45, 7) is 1.67. The van der Waals surface area contributed by atoms with Gasteiger partial charge in [0, 0.05) is 6.07 Å². The van der Waals surface area contributed by atoms with Gasteiger partial charge in [-0.1, -0.05) is 0 Å². The van der Waals surface area contributed by atoms with Gasteiger partial charge < -0.3 is 15.1 Å². The van der Waals surface area contributed by atoms with Crippen molar-refractivity contribution in [1.82, 2.24) is 9.97 Å². The maximum Gasteiger partial charge on any atom is 0.151 e. The maximum atomic E-state index is 12.8. The van der Waals surface area contributed by atoms with Gasteiger partial charge in [0.15, 0.2) is 5.82 Å². The maximum absolute atomic E-state index is 12.8. The highest BCUT2D eigenvalue weighted by molar-refractivity contribution is 5.96. The number of fused-ring (bicyclic) bond motifs is 1. The van der Waals surface area contributed by atoms with Crippen molar-refractivity contribution in [2.24, 2.45) is 0 Å². The third-order valence-corrected chi connectivity index (χ3v) is 2.86. The number of benzene rings is 2. The van der Waals surface area contributed by atoms with Crippen LogP contribution in [0.15, 0.2) is 42.5 Å². The number of aromatic nitrogens is 2. The Morgan fingerprint density at radius 1 is 1.15 bits per heavy atom. The van der Waals surface area contributed by atoms with Gasteiger partial charge in [0.2, 0.25) is 0 Å². The zero-order valence-corrected chi connectivity index (χ0v) is 10.8. The van der Waals surface area contributed by atoms with Crippen molar-refractivity contribution in [3.05, 3.63) is 54.1 Å². The summed E-state index contributed by atoms with van der Waals surface area (Å²) in [5.41, 5.74) is 1.95. The van der Waals surface area contributed by atoms with Crippen LogP contribution in [0.5, 0.6) is 11.5 Å². The quantitative estimate of drug-likeness (QED) is 0.709. The molecule has 0 fully saturated rings. The molecule has 0 saturated carbocycles. The van der Waals surface area contributed by atoms with Crippen molar-refractivity contribution < 1.29 is 9.13 Å². The molecule has 0 spiro atoms. The van der Waals surface area contributed by atoms with Gasteiger partial charge in [-0.05, 0) is 43.3 Å². The Balaban J connectivity index is 1.92. The lowest BCUT2D eigenvalue weighted by molar-refractivity contribution is 0.481. The van der Waals surface area contributed by atoms with E-state index in [1.807, 2.05) is 6.07 Å². The van der Waals surface area contributed by atoms with E-state index in [9.17, 15) is 4.39 Å². The molecular formula is C15H12FN3O. The zero-order valence-electron chi connectivity index (χ0n) is 10.8. The van der Waals surface area contributed by atoms with Gasteiger partial charge in [-0.3, -0.25) is 0 Å². The Bertz CT molecular complexity index is 777. The Hall–Kier alpha value is -2.69. The minimum Gasteiger partial charge on any atom is -0.457 e. The third kappa shape index (κ3) is 2.38. The van der Waals surface area contributed by atoms with E-state index in [0.717, 1.165) is 11.0 Å². The topological polar surface area (TPSA) is 61.8 Å². The lowest BCUT2D eigenvalue weighted by Crippen LogP contribution is -1.93. The Morgan fingerprint density at radius 3 is 2.55 bits per heavy atom. The zero-order chi connectivity index (χ0) is 14.1. The standard InChI is InChI=1S/C15H12FN3O/c1-9(17)15-18-13-7-6-12(8-14(13)19-15)20-11-4-2-10(16)3-5-11/h2-8,17H,1H3,(H,18,19). The van der Waals surface area contributed by atoms with E-state index in [1.165, 1.54) is 12.1 Å². The number of nitrogens with one attached hydrogen (secondary N) is 2. The number of rotatable bonds is 3. The molecule has 0 aliphatic heterocycles. The van der Waals surface area contributed by atoms with E-state index in [2.05, 4.69) is 9.97 Å². The Morgan fingerprint density at radius 2 is 1.85 bits per heavy atom. The largest absolute Gasteiger partial charge is 0.457 e. The summed E-state index contributed by atoms with van der Waals surface area (Å²) in [5, 5.41) is 7.56. The second-order valence-electron chi connectivity index (χ2n) is 4.45. The molecule has 3 rings (SSSR count). The second-order valence-corrected chi connectivity index (χ2v) is 4.45. The van der Waals surface area contributed by atoms with Crippen LogP contribution in [0.25, 0.3) is 11.0 Å². The fourth-order valence-electron chi connectivity index (χ4n) is 1.87. The highest BCUT2D eigenvalue weighted by atomic mass is 19.1. The van der Waals surface area contributed by atoms with E-state index in [-0.39, 0.29) is 5.82 Å². The summed E-state index contributed by atoms with van der Waals surface area (Å²) >= 11 is 0. The van der Waals surface area contributed by atoms with Crippen molar-refractivity contribution in [2.45, 2.75) is 6.92 Å². The van der Waals surface area contributed by atoms with Gasteiger partial charge >= 0.3 is 0 Å². The van der Waals surface area contributed by atoms with Crippen LogP contribution in [-0.2, 0) is 0 Å². The molecule has 0 bridgehead atoms. The van der Waals surface area contributed by atoms with Crippen LogP contribution in [0.2, 0.25) is 0 Å². The predicted octanol–water partition coefficient (Wildman–Crippen LogP) is 3.88. The summed E-state index contributed by atoms with van der Waals surface area (Å²) < 4.78 is 18.5. The predicted molar refractivity (Wildman–Crippen MR) is 75.1 cm³/mol. The molecule has 20 heavy (non-hydrogen) atoms. The molecule has 2 N–H and O–H groups in total. The average molecular weight is 269 g/mol. The summed E-state index contributed by atoms with van der Waals surface area (Å²) in [7, 11) is 0. The number of aromatic amines is 1. The van der Waals surface area contributed by atoms with Gasteiger partial charge in [-0.25, -0.2) is 9.37 Å². The molecule has 1 heterocycles. The molecule has 0 aliphatic carbocycles. The summed E-state index contributed by atoms with van der Waals surface area (Å²) in [6.07, 6.45) is 0. The minimum absolute atomic E-state index is 0.300. The summed E-state index contributed by atoms with van der Waals surface area (Å²) in [4.78, 5) is 7.36. The molecule has 4 nitrogen and oxygen atoms in total. The van der Waals surface area contributed by atoms with Crippen molar-refractivity contribution in [3.63, 3.8) is 0 Å². The van der Waals surface area contributed by atoms with Crippen LogP contribution in [0.4, 0.5) is 4.39 Å². The third-order valence-electron chi connectivity index (χ3n) is 2.86. The average Bonchev–Trinajstić information content (AvgIpc) is 2.85. The molecule has 2 aromatic carbocycles. The fourth-order valence-corrected chi connectivity index (χ4v) is 1.87.